The van der Waals surface area contributed by atoms with Gasteiger partial charge in [0.25, 0.3) is 0 Å². The van der Waals surface area contributed by atoms with Crippen LogP contribution in [0.15, 0.2) is 48.1 Å². The van der Waals surface area contributed by atoms with E-state index in [4.69, 9.17) is 16.3 Å². The molecule has 0 bridgehead atoms. The number of pyridine rings is 1. The molecule has 2 aromatic heterocycles. The molecule has 7 heteroatoms. The van der Waals surface area contributed by atoms with Crippen molar-refractivity contribution in [1.29, 1.82) is 0 Å². The van der Waals surface area contributed by atoms with Crippen LogP contribution in [0.3, 0.4) is 0 Å². The van der Waals surface area contributed by atoms with E-state index in [0.717, 1.165) is 22.0 Å². The Balaban J connectivity index is 1.54. The molecular formula is C18H16ClN3O2S. The maximum Gasteiger partial charge on any atom is 0.230 e. The number of hydrogen-bond acceptors (Lipinski definition) is 5. The summed E-state index contributed by atoms with van der Waals surface area (Å²) in [7, 11) is 0. The van der Waals surface area contributed by atoms with Gasteiger partial charge in [0.05, 0.1) is 18.3 Å². The molecule has 25 heavy (non-hydrogen) atoms. The Kier molecular flexibility index (Phi) is 5.63. The van der Waals surface area contributed by atoms with Crippen LogP contribution >= 0.6 is 22.9 Å². The Morgan fingerprint density at radius 3 is 3.00 bits per heavy atom. The highest BCUT2D eigenvalue weighted by Gasteiger charge is 2.10. The summed E-state index contributed by atoms with van der Waals surface area (Å²) in [5, 5.41) is 6.21. The summed E-state index contributed by atoms with van der Waals surface area (Å²) >= 11 is 7.39. The lowest BCUT2D eigenvalue weighted by Crippen LogP contribution is -2.15. The third-order valence-corrected chi connectivity index (χ3v) is 4.51. The van der Waals surface area contributed by atoms with Gasteiger partial charge < -0.3 is 10.1 Å². The molecule has 128 valence electrons. The first-order valence-corrected chi connectivity index (χ1v) is 8.88. The van der Waals surface area contributed by atoms with Crippen LogP contribution in [0.5, 0.6) is 5.75 Å². The average molecular weight is 374 g/mol. The molecule has 0 fully saturated rings. The highest BCUT2D eigenvalue weighted by molar-refractivity contribution is 7.09. The standard InChI is InChI=1S/C18H16ClN3O2S/c1-12-7-13(19)4-5-16(12)22-17(23)8-14-11-25-18(21-14)10-24-15-3-2-6-20-9-15/h2-7,9,11H,8,10H2,1H3,(H,22,23). The normalized spacial score (nSPS) is 10.5. The van der Waals surface area contributed by atoms with E-state index in [1.165, 1.54) is 11.3 Å². The first kappa shape index (κ1) is 17.4. The van der Waals surface area contributed by atoms with Crippen LogP contribution in [0.1, 0.15) is 16.3 Å². The number of hydrogen-bond donors (Lipinski definition) is 1. The number of carbonyl (C=O) groups is 1. The molecule has 0 radical (unpaired) electrons. The molecule has 3 aromatic rings. The van der Waals surface area contributed by atoms with Gasteiger partial charge in [-0.1, -0.05) is 11.6 Å². The average Bonchev–Trinajstić information content (AvgIpc) is 3.04. The lowest BCUT2D eigenvalue weighted by molar-refractivity contribution is -0.115. The predicted octanol–water partition coefficient (Wildman–Crippen LogP) is 4.26. The number of nitrogens with zero attached hydrogens (tertiary/aromatic N) is 2. The molecule has 0 aliphatic carbocycles. The minimum Gasteiger partial charge on any atom is -0.485 e. The molecule has 0 spiro atoms. The Hall–Kier alpha value is -2.44. The molecule has 0 atom stereocenters. The summed E-state index contributed by atoms with van der Waals surface area (Å²) in [6.07, 6.45) is 3.55. The van der Waals surface area contributed by atoms with Crippen molar-refractivity contribution >= 4 is 34.5 Å². The zero-order valence-corrected chi connectivity index (χ0v) is 15.1. The maximum atomic E-state index is 12.2. The second-order valence-electron chi connectivity index (χ2n) is 5.39. The highest BCUT2D eigenvalue weighted by atomic mass is 35.5. The highest BCUT2D eigenvalue weighted by Crippen LogP contribution is 2.20. The largest absolute Gasteiger partial charge is 0.485 e. The second-order valence-corrected chi connectivity index (χ2v) is 6.77. The number of thiazole rings is 1. The second kappa shape index (κ2) is 8.09. The first-order chi connectivity index (χ1) is 12.1. The molecule has 3 rings (SSSR count). The number of aromatic nitrogens is 2. The van der Waals surface area contributed by atoms with Crippen molar-refractivity contribution in [2.45, 2.75) is 20.0 Å². The third kappa shape index (κ3) is 5.01. The van der Waals surface area contributed by atoms with Crippen LogP contribution in [-0.4, -0.2) is 15.9 Å². The zero-order valence-electron chi connectivity index (χ0n) is 13.5. The van der Waals surface area contributed by atoms with Crippen molar-refractivity contribution < 1.29 is 9.53 Å². The van der Waals surface area contributed by atoms with Crippen molar-refractivity contribution in [3.63, 3.8) is 0 Å². The number of halogens is 1. The van der Waals surface area contributed by atoms with Crippen LogP contribution in [0, 0.1) is 6.92 Å². The minimum absolute atomic E-state index is 0.115. The molecule has 1 N–H and O–H groups in total. The van der Waals surface area contributed by atoms with E-state index in [1.807, 2.05) is 30.5 Å². The van der Waals surface area contributed by atoms with E-state index < -0.39 is 0 Å². The fourth-order valence-corrected chi connectivity index (χ4v) is 3.13. The predicted molar refractivity (Wildman–Crippen MR) is 99.2 cm³/mol. The van der Waals surface area contributed by atoms with Gasteiger partial charge in [-0.05, 0) is 42.8 Å². The summed E-state index contributed by atoms with van der Waals surface area (Å²) in [6.45, 7) is 2.26. The Labute approximate surface area is 154 Å². The minimum atomic E-state index is -0.115. The van der Waals surface area contributed by atoms with Crippen molar-refractivity contribution in [3.05, 3.63) is 69.4 Å². The van der Waals surface area contributed by atoms with E-state index in [-0.39, 0.29) is 12.3 Å². The van der Waals surface area contributed by atoms with Crippen molar-refractivity contribution in [3.8, 4) is 5.75 Å². The molecule has 2 heterocycles. The molecule has 5 nitrogen and oxygen atoms in total. The van der Waals surface area contributed by atoms with Gasteiger partial charge in [-0.2, -0.15) is 0 Å². The number of amides is 1. The van der Waals surface area contributed by atoms with Crippen LogP contribution in [0.25, 0.3) is 0 Å². The van der Waals surface area contributed by atoms with Gasteiger partial charge in [0.2, 0.25) is 5.91 Å². The zero-order chi connectivity index (χ0) is 17.6. The molecule has 0 saturated heterocycles. The SMILES string of the molecule is Cc1cc(Cl)ccc1NC(=O)Cc1csc(COc2cccnc2)n1. The summed E-state index contributed by atoms with van der Waals surface area (Å²) in [5.74, 6) is 0.575. The number of anilines is 1. The summed E-state index contributed by atoms with van der Waals surface area (Å²) in [4.78, 5) is 20.6. The maximum absolute atomic E-state index is 12.2. The molecule has 0 aliphatic rings. The number of aryl methyl sites for hydroxylation is 1. The van der Waals surface area contributed by atoms with Gasteiger partial charge in [0.15, 0.2) is 0 Å². The lowest BCUT2D eigenvalue weighted by atomic mass is 10.2. The Morgan fingerprint density at radius 2 is 2.24 bits per heavy atom. The molecule has 0 unspecified atom stereocenters. The van der Waals surface area contributed by atoms with Gasteiger partial charge in [0.1, 0.15) is 17.4 Å². The van der Waals surface area contributed by atoms with Gasteiger partial charge in [0, 0.05) is 22.3 Å². The summed E-state index contributed by atoms with van der Waals surface area (Å²) in [6, 6.07) is 9.01. The Morgan fingerprint density at radius 1 is 1.36 bits per heavy atom. The molecule has 1 amide bonds. The van der Waals surface area contributed by atoms with Gasteiger partial charge >= 0.3 is 0 Å². The first-order valence-electron chi connectivity index (χ1n) is 7.62. The van der Waals surface area contributed by atoms with Crippen molar-refractivity contribution in [2.75, 3.05) is 5.32 Å². The fraction of sp³-hybridized carbons (Fsp3) is 0.167. The molecule has 1 aromatic carbocycles. The summed E-state index contributed by atoms with van der Waals surface area (Å²) < 4.78 is 5.61. The molecule has 0 aliphatic heterocycles. The smallest absolute Gasteiger partial charge is 0.230 e. The monoisotopic (exact) mass is 373 g/mol. The number of rotatable bonds is 6. The van der Waals surface area contributed by atoms with Gasteiger partial charge in [-0.3, -0.25) is 9.78 Å². The van der Waals surface area contributed by atoms with Crippen molar-refractivity contribution in [2.24, 2.45) is 0 Å². The number of benzene rings is 1. The van der Waals surface area contributed by atoms with Crippen LogP contribution in [0.2, 0.25) is 5.02 Å². The van der Waals surface area contributed by atoms with Gasteiger partial charge in [-0.15, -0.1) is 11.3 Å². The summed E-state index contributed by atoms with van der Waals surface area (Å²) in [5.41, 5.74) is 2.40. The third-order valence-electron chi connectivity index (χ3n) is 3.40. The molecule has 0 saturated carbocycles. The fourth-order valence-electron chi connectivity index (χ4n) is 2.20. The quantitative estimate of drug-likeness (QED) is 0.701. The van der Waals surface area contributed by atoms with E-state index in [0.29, 0.717) is 17.4 Å². The van der Waals surface area contributed by atoms with Crippen LogP contribution in [0.4, 0.5) is 5.69 Å². The van der Waals surface area contributed by atoms with E-state index in [2.05, 4.69) is 15.3 Å². The van der Waals surface area contributed by atoms with Crippen LogP contribution < -0.4 is 10.1 Å². The van der Waals surface area contributed by atoms with Crippen LogP contribution in [-0.2, 0) is 17.8 Å². The Bertz CT molecular complexity index is 868. The number of carbonyl (C=O) groups excluding carboxylic acids is 1. The number of nitrogens with one attached hydrogen (secondary N) is 1. The van der Waals surface area contributed by atoms with Gasteiger partial charge in [-0.25, -0.2) is 4.98 Å². The molecular weight excluding hydrogens is 358 g/mol. The van der Waals surface area contributed by atoms with E-state index in [9.17, 15) is 4.79 Å². The number of ether oxygens (including phenoxy) is 1. The van der Waals surface area contributed by atoms with Crippen molar-refractivity contribution in [1.82, 2.24) is 9.97 Å². The van der Waals surface area contributed by atoms with E-state index in [1.54, 1.807) is 24.5 Å². The lowest BCUT2D eigenvalue weighted by Gasteiger charge is -2.07. The van der Waals surface area contributed by atoms with E-state index >= 15 is 0 Å². The topological polar surface area (TPSA) is 64.1 Å².